The zero-order valence-electron chi connectivity index (χ0n) is 12.2. The Bertz CT molecular complexity index is 369. The fourth-order valence-electron chi connectivity index (χ4n) is 2.78. The van der Waals surface area contributed by atoms with Crippen molar-refractivity contribution in [2.75, 3.05) is 13.2 Å². The van der Waals surface area contributed by atoms with Crippen molar-refractivity contribution in [2.45, 2.75) is 58.7 Å². The molecule has 1 N–H and O–H groups in total. The Kier molecular flexibility index (Phi) is 3.85. The van der Waals surface area contributed by atoms with Gasteiger partial charge in [0.1, 0.15) is 6.04 Å². The first-order valence-corrected chi connectivity index (χ1v) is 7.02. The van der Waals surface area contributed by atoms with E-state index in [1.54, 1.807) is 4.90 Å². The second-order valence-corrected chi connectivity index (χ2v) is 6.62. The summed E-state index contributed by atoms with van der Waals surface area (Å²) in [6, 6.07) is -0.483. The molecule has 2 fully saturated rings. The third-order valence-electron chi connectivity index (χ3n) is 4.01. The number of hydrogen-bond donors (Lipinski definition) is 1. The second-order valence-electron chi connectivity index (χ2n) is 6.62. The number of ether oxygens (including phenoxy) is 1. The van der Waals surface area contributed by atoms with Crippen molar-refractivity contribution in [3.63, 3.8) is 0 Å². The topological polar surface area (TPSA) is 58.6 Å². The molecule has 0 spiro atoms. The highest BCUT2D eigenvalue weighted by Gasteiger charge is 2.43. The molecular weight excluding hydrogens is 244 g/mol. The van der Waals surface area contributed by atoms with Crippen LogP contribution in [0.1, 0.15) is 40.5 Å². The number of nitrogens with one attached hydrogen (secondary N) is 1. The third kappa shape index (κ3) is 2.91. The minimum Gasteiger partial charge on any atom is -0.376 e. The van der Waals surface area contributed by atoms with E-state index < -0.39 is 6.04 Å². The van der Waals surface area contributed by atoms with Crippen LogP contribution in [0.3, 0.4) is 0 Å². The van der Waals surface area contributed by atoms with Crippen molar-refractivity contribution in [2.24, 2.45) is 5.41 Å². The molecule has 3 unspecified atom stereocenters. The van der Waals surface area contributed by atoms with E-state index in [4.69, 9.17) is 4.74 Å². The van der Waals surface area contributed by atoms with E-state index in [9.17, 15) is 9.59 Å². The Labute approximate surface area is 114 Å². The van der Waals surface area contributed by atoms with Crippen molar-refractivity contribution in [1.82, 2.24) is 10.2 Å². The highest BCUT2D eigenvalue weighted by Crippen LogP contribution is 2.26. The molecule has 0 aromatic rings. The summed E-state index contributed by atoms with van der Waals surface area (Å²) in [5.41, 5.74) is -0.276. The number of carbonyl (C=O) groups excluding carboxylic acids is 2. The van der Waals surface area contributed by atoms with Gasteiger partial charge in [-0.05, 0) is 25.2 Å². The molecule has 5 heteroatoms. The molecule has 2 heterocycles. The quantitative estimate of drug-likeness (QED) is 0.810. The SMILES string of the molecule is CC(C1CCCO1)N1CC(=O)NC(C(C)(C)C)C1=O. The molecule has 108 valence electrons. The first-order valence-electron chi connectivity index (χ1n) is 7.02. The summed E-state index contributed by atoms with van der Waals surface area (Å²) in [6.45, 7) is 8.78. The summed E-state index contributed by atoms with van der Waals surface area (Å²) in [6.07, 6.45) is 2.06. The number of piperazine rings is 1. The van der Waals surface area contributed by atoms with E-state index in [2.05, 4.69) is 5.32 Å². The van der Waals surface area contributed by atoms with Crippen LogP contribution in [0.15, 0.2) is 0 Å². The zero-order valence-corrected chi connectivity index (χ0v) is 12.2. The molecule has 0 aliphatic carbocycles. The highest BCUT2D eigenvalue weighted by molar-refractivity contribution is 5.95. The van der Waals surface area contributed by atoms with Crippen LogP contribution < -0.4 is 5.32 Å². The van der Waals surface area contributed by atoms with E-state index in [1.165, 1.54) is 0 Å². The standard InChI is InChI=1S/C14H24N2O3/c1-9(10-6-5-7-19-10)16-8-11(17)15-12(13(16)18)14(2,3)4/h9-10,12H,5-8H2,1-4H3,(H,15,17). The summed E-state index contributed by atoms with van der Waals surface area (Å²) in [5, 5.41) is 2.81. The maximum absolute atomic E-state index is 12.6. The summed E-state index contributed by atoms with van der Waals surface area (Å²) < 4.78 is 5.65. The molecule has 2 amide bonds. The molecule has 2 aliphatic rings. The van der Waals surface area contributed by atoms with Crippen LogP contribution >= 0.6 is 0 Å². The predicted octanol–water partition coefficient (Wildman–Crippen LogP) is 0.927. The van der Waals surface area contributed by atoms with Gasteiger partial charge in [0.2, 0.25) is 11.8 Å². The van der Waals surface area contributed by atoms with Crippen LogP contribution in [-0.4, -0.2) is 48.1 Å². The van der Waals surface area contributed by atoms with Gasteiger partial charge in [0.15, 0.2) is 0 Å². The van der Waals surface area contributed by atoms with Gasteiger partial charge in [0.05, 0.1) is 18.7 Å². The number of carbonyl (C=O) groups is 2. The Morgan fingerprint density at radius 3 is 2.58 bits per heavy atom. The van der Waals surface area contributed by atoms with E-state index in [0.717, 1.165) is 19.4 Å². The number of rotatable bonds is 2. The van der Waals surface area contributed by atoms with Gasteiger partial charge >= 0.3 is 0 Å². The molecular formula is C14H24N2O3. The van der Waals surface area contributed by atoms with E-state index in [-0.39, 0.29) is 35.9 Å². The molecule has 19 heavy (non-hydrogen) atoms. The van der Waals surface area contributed by atoms with Crippen molar-refractivity contribution in [1.29, 1.82) is 0 Å². The van der Waals surface area contributed by atoms with Gasteiger partial charge in [-0.15, -0.1) is 0 Å². The van der Waals surface area contributed by atoms with Crippen LogP contribution in [0, 0.1) is 5.41 Å². The van der Waals surface area contributed by atoms with Crippen LogP contribution in [0.5, 0.6) is 0 Å². The van der Waals surface area contributed by atoms with Crippen LogP contribution in [-0.2, 0) is 14.3 Å². The average Bonchev–Trinajstić information content (AvgIpc) is 2.83. The van der Waals surface area contributed by atoms with Gasteiger partial charge in [0.25, 0.3) is 0 Å². The second kappa shape index (κ2) is 5.12. The van der Waals surface area contributed by atoms with Crippen LogP contribution in [0.2, 0.25) is 0 Å². The van der Waals surface area contributed by atoms with Gasteiger partial charge in [-0.2, -0.15) is 0 Å². The van der Waals surface area contributed by atoms with Crippen LogP contribution in [0.25, 0.3) is 0 Å². The maximum Gasteiger partial charge on any atom is 0.246 e. The van der Waals surface area contributed by atoms with Gasteiger partial charge in [0, 0.05) is 6.61 Å². The van der Waals surface area contributed by atoms with Gasteiger partial charge < -0.3 is 15.0 Å². The lowest BCUT2D eigenvalue weighted by Gasteiger charge is -2.42. The molecule has 2 saturated heterocycles. The van der Waals surface area contributed by atoms with Gasteiger partial charge in [-0.3, -0.25) is 9.59 Å². The Balaban J connectivity index is 2.15. The largest absolute Gasteiger partial charge is 0.376 e. The van der Waals surface area contributed by atoms with Crippen molar-refractivity contribution < 1.29 is 14.3 Å². The molecule has 0 aromatic carbocycles. The molecule has 3 atom stereocenters. The normalized spacial score (nSPS) is 30.4. The van der Waals surface area contributed by atoms with E-state index in [1.807, 2.05) is 27.7 Å². The fraction of sp³-hybridized carbons (Fsp3) is 0.857. The lowest BCUT2D eigenvalue weighted by molar-refractivity contribution is -0.152. The Morgan fingerprint density at radius 1 is 1.37 bits per heavy atom. The number of amides is 2. The summed E-state index contributed by atoms with van der Waals surface area (Å²) in [7, 11) is 0. The maximum atomic E-state index is 12.6. The van der Waals surface area contributed by atoms with Gasteiger partial charge in [-0.1, -0.05) is 20.8 Å². The first kappa shape index (κ1) is 14.3. The van der Waals surface area contributed by atoms with E-state index >= 15 is 0 Å². The molecule has 0 bridgehead atoms. The minimum absolute atomic E-state index is 0.00935. The number of nitrogens with zero attached hydrogens (tertiary/aromatic N) is 1. The van der Waals surface area contributed by atoms with Crippen LogP contribution in [0.4, 0.5) is 0 Å². The Hall–Kier alpha value is -1.10. The monoisotopic (exact) mass is 268 g/mol. The highest BCUT2D eigenvalue weighted by atomic mass is 16.5. The number of hydrogen-bond acceptors (Lipinski definition) is 3. The predicted molar refractivity (Wildman–Crippen MR) is 71.5 cm³/mol. The average molecular weight is 268 g/mol. The molecule has 2 rings (SSSR count). The Morgan fingerprint density at radius 2 is 2.05 bits per heavy atom. The zero-order chi connectivity index (χ0) is 14.2. The smallest absolute Gasteiger partial charge is 0.246 e. The molecule has 5 nitrogen and oxygen atoms in total. The lowest BCUT2D eigenvalue weighted by atomic mass is 9.84. The van der Waals surface area contributed by atoms with Gasteiger partial charge in [-0.25, -0.2) is 0 Å². The summed E-state index contributed by atoms with van der Waals surface area (Å²) >= 11 is 0. The molecule has 2 aliphatic heterocycles. The fourth-order valence-corrected chi connectivity index (χ4v) is 2.78. The summed E-state index contributed by atoms with van der Waals surface area (Å²) in [5.74, 6) is -0.0699. The lowest BCUT2D eigenvalue weighted by Crippen LogP contribution is -2.65. The first-order chi connectivity index (χ1) is 8.80. The van der Waals surface area contributed by atoms with Crippen molar-refractivity contribution >= 4 is 11.8 Å². The molecule has 0 aromatic heterocycles. The third-order valence-corrected chi connectivity index (χ3v) is 4.01. The summed E-state index contributed by atoms with van der Waals surface area (Å²) in [4.78, 5) is 26.1. The van der Waals surface area contributed by atoms with Crippen molar-refractivity contribution in [3.05, 3.63) is 0 Å². The van der Waals surface area contributed by atoms with E-state index in [0.29, 0.717) is 0 Å². The van der Waals surface area contributed by atoms with Crippen molar-refractivity contribution in [3.8, 4) is 0 Å². The minimum atomic E-state index is -0.447. The molecule has 0 radical (unpaired) electrons. The molecule has 0 saturated carbocycles.